The zero-order valence-corrected chi connectivity index (χ0v) is 21.2. The Labute approximate surface area is 219 Å². The lowest BCUT2D eigenvalue weighted by Gasteiger charge is -2.29. The van der Waals surface area contributed by atoms with Gasteiger partial charge in [-0.3, -0.25) is 0 Å². The molecule has 0 saturated carbocycles. The largest absolute Gasteiger partial charge is 0.488 e. The number of rotatable bonds is 8. The van der Waals surface area contributed by atoms with Crippen molar-refractivity contribution >= 4 is 40.8 Å². The predicted molar refractivity (Wildman–Crippen MR) is 140 cm³/mol. The normalized spacial score (nSPS) is 13.1. The van der Waals surface area contributed by atoms with E-state index in [1.54, 1.807) is 43.3 Å². The van der Waals surface area contributed by atoms with Crippen LogP contribution in [-0.2, 0) is 9.47 Å². The molecular weight excluding hydrogens is 500 g/mol. The summed E-state index contributed by atoms with van der Waals surface area (Å²) >= 11 is 5.77. The smallest absolute Gasteiger partial charge is 0.361 e. The molecule has 2 aromatic heterocycles. The summed E-state index contributed by atoms with van der Waals surface area (Å²) in [4.78, 5) is 40.3. The van der Waals surface area contributed by atoms with E-state index in [0.29, 0.717) is 72.4 Å². The summed E-state index contributed by atoms with van der Waals surface area (Å²) < 4.78 is 16.5. The molecule has 1 aliphatic heterocycles. The van der Waals surface area contributed by atoms with Crippen LogP contribution in [0.1, 0.15) is 24.3 Å². The summed E-state index contributed by atoms with van der Waals surface area (Å²) in [5.41, 5.74) is 1.76. The van der Waals surface area contributed by atoms with E-state index < -0.39 is 12.0 Å². The number of benzene rings is 1. The second-order valence-corrected chi connectivity index (χ2v) is 8.21. The maximum absolute atomic E-state index is 12.8. The van der Waals surface area contributed by atoms with Crippen LogP contribution in [0.25, 0.3) is 11.4 Å². The molecule has 194 valence electrons. The fraction of sp³-hybridized carbons (Fsp3) is 0.320. The average molecular weight is 527 g/mol. The Morgan fingerprint density at radius 3 is 2.35 bits per heavy atom. The predicted octanol–water partition coefficient (Wildman–Crippen LogP) is 4.25. The molecule has 0 radical (unpaired) electrons. The topological polar surface area (TPSA) is 128 Å². The number of ether oxygens (including phenoxy) is 3. The van der Waals surface area contributed by atoms with Gasteiger partial charge in [-0.15, -0.1) is 0 Å². The van der Waals surface area contributed by atoms with E-state index >= 15 is 0 Å². The summed E-state index contributed by atoms with van der Waals surface area (Å²) in [6, 6.07) is 9.74. The van der Waals surface area contributed by atoms with E-state index in [-0.39, 0.29) is 12.3 Å². The van der Waals surface area contributed by atoms with Crippen molar-refractivity contribution in [2.24, 2.45) is 0 Å². The summed E-state index contributed by atoms with van der Waals surface area (Å²) in [7, 11) is 0. The summed E-state index contributed by atoms with van der Waals surface area (Å²) in [5, 5.41) is 5.77. The van der Waals surface area contributed by atoms with Gasteiger partial charge in [-0.05, 0) is 50.2 Å². The van der Waals surface area contributed by atoms with Gasteiger partial charge in [0.05, 0.1) is 38.3 Å². The van der Waals surface area contributed by atoms with Gasteiger partial charge in [0.25, 0.3) is 0 Å². The Morgan fingerprint density at radius 1 is 1.00 bits per heavy atom. The van der Waals surface area contributed by atoms with Crippen molar-refractivity contribution in [2.45, 2.75) is 13.8 Å². The first-order chi connectivity index (χ1) is 18.0. The van der Waals surface area contributed by atoms with Gasteiger partial charge in [-0.2, -0.15) is 0 Å². The van der Waals surface area contributed by atoms with Crippen molar-refractivity contribution in [2.75, 3.05) is 55.1 Å². The number of morpholine rings is 1. The molecule has 37 heavy (non-hydrogen) atoms. The number of nitrogens with zero attached hydrogens (tertiary/aromatic N) is 4. The molecule has 1 saturated heterocycles. The standard InChI is InChI=1S/C25H27ClN6O5/c1-3-36-21-20(24(33)37-4-2)30-22(31-23(21)32-11-13-35-14-12-32)16-5-7-17(8-6-16)28-25(34)29-18-9-10-19(26)27-15-18/h5-10,15H,3-4,11-14H2,1-2H3,(H2,28,29,34). The van der Waals surface area contributed by atoms with Crippen LogP contribution in [0.5, 0.6) is 5.75 Å². The van der Waals surface area contributed by atoms with E-state index in [2.05, 4.69) is 20.6 Å². The SMILES string of the molecule is CCOC(=O)c1nc(-c2ccc(NC(=O)Nc3ccc(Cl)nc3)cc2)nc(N2CCOCC2)c1OCC. The molecule has 2 amide bonds. The van der Waals surface area contributed by atoms with Crippen molar-refractivity contribution in [3.05, 3.63) is 53.4 Å². The first kappa shape index (κ1) is 26.1. The van der Waals surface area contributed by atoms with Gasteiger partial charge in [0.15, 0.2) is 23.1 Å². The van der Waals surface area contributed by atoms with Crippen LogP contribution in [0.3, 0.4) is 0 Å². The lowest BCUT2D eigenvalue weighted by atomic mass is 10.2. The Bertz CT molecular complexity index is 1230. The molecule has 1 fully saturated rings. The third kappa shape index (κ3) is 6.63. The molecule has 4 rings (SSSR count). The molecule has 2 N–H and O–H groups in total. The summed E-state index contributed by atoms with van der Waals surface area (Å²) in [6.45, 7) is 6.36. The van der Waals surface area contributed by atoms with Gasteiger partial charge in [-0.1, -0.05) is 11.6 Å². The minimum Gasteiger partial charge on any atom is -0.488 e. The molecule has 12 heteroatoms. The highest BCUT2D eigenvalue weighted by molar-refractivity contribution is 6.29. The quantitative estimate of drug-likeness (QED) is 0.327. The first-order valence-corrected chi connectivity index (χ1v) is 12.2. The minimum atomic E-state index is -0.587. The monoisotopic (exact) mass is 526 g/mol. The van der Waals surface area contributed by atoms with E-state index in [9.17, 15) is 9.59 Å². The van der Waals surface area contributed by atoms with Crippen LogP contribution >= 0.6 is 11.6 Å². The lowest BCUT2D eigenvalue weighted by Crippen LogP contribution is -2.37. The average Bonchev–Trinajstić information content (AvgIpc) is 2.91. The number of hydrogen-bond acceptors (Lipinski definition) is 9. The van der Waals surface area contributed by atoms with Crippen molar-refractivity contribution in [3.63, 3.8) is 0 Å². The van der Waals surface area contributed by atoms with Crippen LogP contribution < -0.4 is 20.3 Å². The number of carbonyl (C=O) groups is 2. The number of carbonyl (C=O) groups excluding carboxylic acids is 2. The van der Waals surface area contributed by atoms with Crippen LogP contribution in [0.4, 0.5) is 22.0 Å². The third-order valence-electron chi connectivity index (χ3n) is 5.30. The maximum Gasteiger partial charge on any atom is 0.361 e. The Morgan fingerprint density at radius 2 is 1.70 bits per heavy atom. The minimum absolute atomic E-state index is 0.0633. The van der Waals surface area contributed by atoms with Gasteiger partial charge in [0.1, 0.15) is 5.15 Å². The fourth-order valence-electron chi connectivity index (χ4n) is 3.62. The Balaban J connectivity index is 1.60. The highest BCUT2D eigenvalue weighted by Crippen LogP contribution is 2.33. The van der Waals surface area contributed by atoms with Gasteiger partial charge >= 0.3 is 12.0 Å². The van der Waals surface area contributed by atoms with Crippen molar-refractivity contribution in [3.8, 4) is 17.1 Å². The van der Waals surface area contributed by atoms with Crippen molar-refractivity contribution in [1.82, 2.24) is 15.0 Å². The molecule has 11 nitrogen and oxygen atoms in total. The number of aromatic nitrogens is 3. The van der Waals surface area contributed by atoms with Gasteiger partial charge in [0, 0.05) is 24.3 Å². The van der Waals surface area contributed by atoms with Gasteiger partial charge in [0.2, 0.25) is 0 Å². The molecule has 0 aliphatic carbocycles. The molecule has 0 bridgehead atoms. The highest BCUT2D eigenvalue weighted by atomic mass is 35.5. The molecule has 3 heterocycles. The maximum atomic E-state index is 12.8. The number of pyridine rings is 1. The Kier molecular flexibility index (Phi) is 8.70. The molecule has 1 aliphatic rings. The van der Waals surface area contributed by atoms with Crippen molar-refractivity contribution < 1.29 is 23.8 Å². The number of halogens is 1. The lowest BCUT2D eigenvalue weighted by molar-refractivity contribution is 0.0514. The summed E-state index contributed by atoms with van der Waals surface area (Å²) in [6.07, 6.45) is 1.46. The fourth-order valence-corrected chi connectivity index (χ4v) is 3.73. The van der Waals surface area contributed by atoms with Crippen molar-refractivity contribution in [1.29, 1.82) is 0 Å². The molecule has 3 aromatic rings. The molecular formula is C25H27ClN6O5. The van der Waals surface area contributed by atoms with Crippen LogP contribution in [0.2, 0.25) is 5.15 Å². The number of esters is 1. The van der Waals surface area contributed by atoms with E-state index in [0.717, 1.165) is 0 Å². The first-order valence-electron chi connectivity index (χ1n) is 11.8. The molecule has 0 spiro atoms. The van der Waals surface area contributed by atoms with E-state index in [1.807, 2.05) is 11.8 Å². The van der Waals surface area contributed by atoms with Gasteiger partial charge in [-0.25, -0.2) is 24.5 Å². The number of amides is 2. The third-order valence-corrected chi connectivity index (χ3v) is 5.53. The van der Waals surface area contributed by atoms with E-state index in [4.69, 9.17) is 30.8 Å². The van der Waals surface area contributed by atoms with Crippen LogP contribution in [0.15, 0.2) is 42.6 Å². The second-order valence-electron chi connectivity index (χ2n) is 7.83. The van der Waals surface area contributed by atoms with E-state index in [1.165, 1.54) is 6.20 Å². The van der Waals surface area contributed by atoms with Crippen LogP contribution in [-0.4, -0.2) is 66.5 Å². The molecule has 1 aromatic carbocycles. The second kappa shape index (κ2) is 12.3. The molecule has 0 atom stereocenters. The number of anilines is 3. The zero-order valence-electron chi connectivity index (χ0n) is 20.5. The van der Waals surface area contributed by atoms with Crippen LogP contribution in [0, 0.1) is 0 Å². The number of nitrogens with one attached hydrogen (secondary N) is 2. The summed E-state index contributed by atoms with van der Waals surface area (Å²) in [5.74, 6) is 0.543. The Hall–Kier alpha value is -3.96. The van der Waals surface area contributed by atoms with Gasteiger partial charge < -0.3 is 29.7 Å². The number of hydrogen-bond donors (Lipinski definition) is 2. The number of urea groups is 1. The highest BCUT2D eigenvalue weighted by Gasteiger charge is 2.27. The molecule has 0 unspecified atom stereocenters. The zero-order chi connectivity index (χ0) is 26.2.